The molecular formula is C25H44NO3+. The van der Waals surface area contributed by atoms with E-state index in [9.17, 15) is 0 Å². The molecule has 4 nitrogen and oxygen atoms in total. The summed E-state index contributed by atoms with van der Waals surface area (Å²) in [5.74, 6) is 4.06. The van der Waals surface area contributed by atoms with Gasteiger partial charge in [0.15, 0.2) is 11.5 Å². The van der Waals surface area contributed by atoms with E-state index in [2.05, 4.69) is 45.1 Å². The summed E-state index contributed by atoms with van der Waals surface area (Å²) in [4.78, 5) is 0. The number of quaternary nitrogens is 1. The van der Waals surface area contributed by atoms with Gasteiger partial charge in [-0.05, 0) is 82.4 Å². The predicted molar refractivity (Wildman–Crippen MR) is 120 cm³/mol. The molecule has 1 aliphatic rings. The van der Waals surface area contributed by atoms with Crippen LogP contribution in [0.5, 0.6) is 11.5 Å². The van der Waals surface area contributed by atoms with E-state index in [4.69, 9.17) is 14.2 Å². The second-order valence-corrected chi connectivity index (χ2v) is 9.58. The van der Waals surface area contributed by atoms with Gasteiger partial charge in [0.05, 0.1) is 25.9 Å². The Morgan fingerprint density at radius 2 is 1.97 bits per heavy atom. The van der Waals surface area contributed by atoms with Gasteiger partial charge in [-0.2, -0.15) is 0 Å². The molecule has 2 atom stereocenters. The third kappa shape index (κ3) is 8.18. The number of hydrogen-bond acceptors (Lipinski definition) is 3. The maximum Gasteiger partial charge on any atom is 0.161 e. The summed E-state index contributed by atoms with van der Waals surface area (Å²) in [6.45, 7) is 14.9. The zero-order valence-corrected chi connectivity index (χ0v) is 19.6. The molecule has 166 valence electrons. The molecule has 1 heterocycles. The lowest BCUT2D eigenvalue weighted by atomic mass is 9.75. The highest BCUT2D eigenvalue weighted by Crippen LogP contribution is 2.37. The number of benzene rings is 1. The van der Waals surface area contributed by atoms with E-state index < -0.39 is 0 Å². The molecule has 2 rings (SSSR count). The Kier molecular flexibility index (Phi) is 9.78. The summed E-state index contributed by atoms with van der Waals surface area (Å²) >= 11 is 0. The van der Waals surface area contributed by atoms with E-state index in [0.717, 1.165) is 42.4 Å². The lowest BCUT2D eigenvalue weighted by Gasteiger charge is -2.39. The number of methoxy groups -OCH3 is 1. The summed E-state index contributed by atoms with van der Waals surface area (Å²) in [6.07, 6.45) is 6.40. The fraction of sp³-hybridized carbons (Fsp3) is 0.760. The Labute approximate surface area is 178 Å². The Balaban J connectivity index is 1.87. The van der Waals surface area contributed by atoms with E-state index in [-0.39, 0.29) is 5.60 Å². The van der Waals surface area contributed by atoms with Crippen LogP contribution in [-0.4, -0.2) is 32.5 Å². The monoisotopic (exact) mass is 406 g/mol. The van der Waals surface area contributed by atoms with Gasteiger partial charge in [-0.1, -0.05) is 20.3 Å². The third-order valence-electron chi connectivity index (χ3n) is 6.17. The molecule has 29 heavy (non-hydrogen) atoms. The minimum absolute atomic E-state index is 0.0432. The first-order chi connectivity index (χ1) is 13.8. The van der Waals surface area contributed by atoms with Crippen LogP contribution in [0.1, 0.15) is 72.3 Å². The summed E-state index contributed by atoms with van der Waals surface area (Å²) < 4.78 is 17.1. The molecule has 0 bridgehead atoms. The van der Waals surface area contributed by atoms with Crippen LogP contribution in [0.2, 0.25) is 0 Å². The normalized spacial score (nSPS) is 19.9. The van der Waals surface area contributed by atoms with Gasteiger partial charge in [0.25, 0.3) is 0 Å². The first-order valence-corrected chi connectivity index (χ1v) is 11.6. The van der Waals surface area contributed by atoms with E-state index in [1.165, 1.54) is 44.2 Å². The van der Waals surface area contributed by atoms with Gasteiger partial charge in [0.2, 0.25) is 0 Å². The molecule has 2 N–H and O–H groups in total. The molecule has 0 aromatic heterocycles. The predicted octanol–water partition coefficient (Wildman–Crippen LogP) is 4.81. The quantitative estimate of drug-likeness (QED) is 0.507. The Bertz CT molecular complexity index is 600. The van der Waals surface area contributed by atoms with Crippen LogP contribution in [0.4, 0.5) is 0 Å². The van der Waals surface area contributed by atoms with Crippen molar-refractivity contribution in [3.63, 3.8) is 0 Å². The van der Waals surface area contributed by atoms with Crippen molar-refractivity contribution in [3.05, 3.63) is 23.8 Å². The van der Waals surface area contributed by atoms with E-state index in [1.807, 2.05) is 13.0 Å². The minimum atomic E-state index is 0.0432. The molecule has 0 spiro atoms. The maximum atomic E-state index is 5.97. The molecule has 0 radical (unpaired) electrons. The molecule has 1 aromatic carbocycles. The van der Waals surface area contributed by atoms with Crippen LogP contribution in [-0.2, 0) is 11.3 Å². The highest BCUT2D eigenvalue weighted by atomic mass is 16.5. The van der Waals surface area contributed by atoms with Gasteiger partial charge >= 0.3 is 0 Å². The van der Waals surface area contributed by atoms with E-state index >= 15 is 0 Å². The van der Waals surface area contributed by atoms with E-state index in [1.54, 1.807) is 7.11 Å². The zero-order valence-electron chi connectivity index (χ0n) is 19.6. The Morgan fingerprint density at radius 1 is 1.17 bits per heavy atom. The van der Waals surface area contributed by atoms with Gasteiger partial charge in [0.1, 0.15) is 6.54 Å². The number of rotatable bonds is 12. The first kappa shape index (κ1) is 24.0. The van der Waals surface area contributed by atoms with Crippen molar-refractivity contribution >= 4 is 0 Å². The number of nitrogens with two attached hydrogens (primary N) is 1. The van der Waals surface area contributed by atoms with Gasteiger partial charge in [-0.15, -0.1) is 0 Å². The van der Waals surface area contributed by atoms with Crippen LogP contribution in [0.15, 0.2) is 18.2 Å². The number of ether oxygens (including phenoxy) is 3. The highest BCUT2D eigenvalue weighted by molar-refractivity contribution is 5.42. The topological polar surface area (TPSA) is 44.3 Å². The second kappa shape index (κ2) is 11.8. The van der Waals surface area contributed by atoms with Crippen LogP contribution >= 0.6 is 0 Å². The Hall–Kier alpha value is -1.26. The summed E-state index contributed by atoms with van der Waals surface area (Å²) in [7, 11) is 1.71. The standard InChI is InChI=1S/C25H43NO3/c1-7-28-23-11-9-20(16-24(23)27-6)18-26-14-12-21(10-8-19(2)3)22-13-15-29-25(4,5)17-22/h9,11,16,19,21-22,26H,7-8,10,12-15,17-18H2,1-6H3/p+1/t21-,22+/m0/s1. The van der Waals surface area contributed by atoms with Crippen LogP contribution in [0.3, 0.4) is 0 Å². The Morgan fingerprint density at radius 3 is 2.62 bits per heavy atom. The zero-order chi connectivity index (χ0) is 21.3. The number of hydrogen-bond donors (Lipinski definition) is 1. The van der Waals surface area contributed by atoms with Crippen molar-refractivity contribution in [1.82, 2.24) is 0 Å². The van der Waals surface area contributed by atoms with Gasteiger partial charge in [-0.25, -0.2) is 0 Å². The van der Waals surface area contributed by atoms with Crippen molar-refractivity contribution in [2.75, 3.05) is 26.9 Å². The first-order valence-electron chi connectivity index (χ1n) is 11.6. The van der Waals surface area contributed by atoms with E-state index in [0.29, 0.717) is 6.61 Å². The SMILES string of the molecule is CCOc1ccc(C[NH2+]CC[C@H](CCC(C)C)[C@@H]2CCOC(C)(C)C2)cc1OC. The van der Waals surface area contributed by atoms with Gasteiger partial charge < -0.3 is 19.5 Å². The van der Waals surface area contributed by atoms with Crippen LogP contribution in [0, 0.1) is 17.8 Å². The van der Waals surface area contributed by atoms with Crippen molar-refractivity contribution in [3.8, 4) is 11.5 Å². The molecule has 1 fully saturated rings. The molecule has 0 unspecified atom stereocenters. The second-order valence-electron chi connectivity index (χ2n) is 9.58. The maximum absolute atomic E-state index is 5.97. The molecule has 0 aliphatic carbocycles. The molecule has 1 aliphatic heterocycles. The third-order valence-corrected chi connectivity index (χ3v) is 6.17. The highest BCUT2D eigenvalue weighted by Gasteiger charge is 2.33. The molecular weight excluding hydrogens is 362 g/mol. The van der Waals surface area contributed by atoms with Crippen LogP contribution in [0.25, 0.3) is 0 Å². The van der Waals surface area contributed by atoms with Crippen molar-refractivity contribution < 1.29 is 19.5 Å². The summed E-state index contributed by atoms with van der Waals surface area (Å²) in [5, 5.41) is 2.45. The van der Waals surface area contributed by atoms with Crippen molar-refractivity contribution in [1.29, 1.82) is 0 Å². The molecule has 0 amide bonds. The van der Waals surface area contributed by atoms with Crippen LogP contribution < -0.4 is 14.8 Å². The smallest absolute Gasteiger partial charge is 0.161 e. The van der Waals surface area contributed by atoms with Gasteiger partial charge in [-0.3, -0.25) is 0 Å². The average Bonchev–Trinajstić information content (AvgIpc) is 2.67. The summed E-state index contributed by atoms with van der Waals surface area (Å²) in [6, 6.07) is 6.29. The fourth-order valence-electron chi connectivity index (χ4n) is 4.56. The molecule has 4 heteroatoms. The minimum Gasteiger partial charge on any atom is -0.493 e. The molecule has 0 saturated carbocycles. The largest absolute Gasteiger partial charge is 0.493 e. The lowest BCUT2D eigenvalue weighted by Crippen LogP contribution is -2.82. The average molecular weight is 407 g/mol. The van der Waals surface area contributed by atoms with Crippen molar-refractivity contribution in [2.24, 2.45) is 17.8 Å². The molecule has 1 saturated heterocycles. The summed E-state index contributed by atoms with van der Waals surface area (Å²) in [5.41, 5.74) is 1.33. The fourth-order valence-corrected chi connectivity index (χ4v) is 4.56. The molecule has 1 aromatic rings. The lowest BCUT2D eigenvalue weighted by molar-refractivity contribution is -0.671. The van der Waals surface area contributed by atoms with Gasteiger partial charge in [0, 0.05) is 12.2 Å². The van der Waals surface area contributed by atoms with Crippen molar-refractivity contribution in [2.45, 2.75) is 78.9 Å².